The largest absolute Gasteiger partial charge is 0.468 e. The highest BCUT2D eigenvalue weighted by atomic mass is 32.2. The number of ether oxygens (including phenoxy) is 1. The normalized spacial score (nSPS) is 11.2. The van der Waals surface area contributed by atoms with Crippen molar-refractivity contribution >= 4 is 22.0 Å². The first-order valence-electron chi connectivity index (χ1n) is 7.38. The Morgan fingerprint density at radius 3 is 2.25 bits per heavy atom. The van der Waals surface area contributed by atoms with E-state index < -0.39 is 28.6 Å². The standard InChI is InChI=1S/C16H23NO6S/c1-12-6-5-7-13(2)14(12)8-9-17(10-16(19)22-3)15(18)11-23-24(4,20)21/h5-7H,8-11H2,1-4H3. The lowest BCUT2D eigenvalue weighted by atomic mass is 10.00. The molecule has 0 radical (unpaired) electrons. The third kappa shape index (κ3) is 6.67. The van der Waals surface area contributed by atoms with Crippen molar-refractivity contribution in [3.63, 3.8) is 0 Å². The lowest BCUT2D eigenvalue weighted by molar-refractivity contribution is -0.147. The van der Waals surface area contributed by atoms with E-state index in [0.717, 1.165) is 22.9 Å². The number of hydrogen-bond donors (Lipinski definition) is 0. The van der Waals surface area contributed by atoms with Crippen LogP contribution in [0.5, 0.6) is 0 Å². The summed E-state index contributed by atoms with van der Waals surface area (Å²) >= 11 is 0. The average Bonchev–Trinajstić information content (AvgIpc) is 2.49. The number of aryl methyl sites for hydroxylation is 2. The quantitative estimate of drug-likeness (QED) is 0.505. The second kappa shape index (κ2) is 8.79. The molecule has 0 aliphatic heterocycles. The van der Waals surface area contributed by atoms with Gasteiger partial charge < -0.3 is 9.64 Å². The van der Waals surface area contributed by atoms with Crippen LogP contribution < -0.4 is 0 Å². The maximum Gasteiger partial charge on any atom is 0.325 e. The molecule has 0 aliphatic rings. The number of methoxy groups -OCH3 is 1. The van der Waals surface area contributed by atoms with Crippen molar-refractivity contribution in [3.05, 3.63) is 34.9 Å². The van der Waals surface area contributed by atoms with Crippen LogP contribution >= 0.6 is 0 Å². The minimum absolute atomic E-state index is 0.257. The summed E-state index contributed by atoms with van der Waals surface area (Å²) in [5.74, 6) is -1.17. The highest BCUT2D eigenvalue weighted by molar-refractivity contribution is 7.86. The molecule has 0 aliphatic carbocycles. The molecule has 0 saturated carbocycles. The molecule has 0 saturated heterocycles. The number of rotatable bonds is 8. The van der Waals surface area contributed by atoms with E-state index in [1.165, 1.54) is 12.0 Å². The van der Waals surface area contributed by atoms with Gasteiger partial charge in [0.1, 0.15) is 13.2 Å². The maximum atomic E-state index is 12.2. The second-order valence-electron chi connectivity index (χ2n) is 5.48. The summed E-state index contributed by atoms with van der Waals surface area (Å²) in [6.45, 7) is 3.31. The van der Waals surface area contributed by atoms with Crippen LogP contribution in [-0.2, 0) is 35.0 Å². The minimum Gasteiger partial charge on any atom is -0.468 e. The van der Waals surface area contributed by atoms with Crippen molar-refractivity contribution in [2.24, 2.45) is 0 Å². The van der Waals surface area contributed by atoms with Gasteiger partial charge in [0, 0.05) is 6.54 Å². The van der Waals surface area contributed by atoms with Gasteiger partial charge in [-0.25, -0.2) is 0 Å². The zero-order valence-electron chi connectivity index (χ0n) is 14.4. The molecule has 24 heavy (non-hydrogen) atoms. The van der Waals surface area contributed by atoms with Crippen molar-refractivity contribution in [2.45, 2.75) is 20.3 Å². The summed E-state index contributed by atoms with van der Waals surface area (Å²) in [6.07, 6.45) is 1.40. The van der Waals surface area contributed by atoms with Crippen LogP contribution in [0.15, 0.2) is 18.2 Å². The summed E-state index contributed by atoms with van der Waals surface area (Å²) in [5, 5.41) is 0. The Morgan fingerprint density at radius 1 is 1.17 bits per heavy atom. The number of hydrogen-bond acceptors (Lipinski definition) is 6. The van der Waals surface area contributed by atoms with E-state index in [9.17, 15) is 18.0 Å². The number of amides is 1. The average molecular weight is 357 g/mol. The van der Waals surface area contributed by atoms with Gasteiger partial charge in [-0.3, -0.25) is 13.8 Å². The molecule has 0 atom stereocenters. The van der Waals surface area contributed by atoms with E-state index in [0.29, 0.717) is 6.42 Å². The van der Waals surface area contributed by atoms with Crippen LogP contribution in [0.3, 0.4) is 0 Å². The predicted octanol–water partition coefficient (Wildman–Crippen LogP) is 0.824. The zero-order valence-corrected chi connectivity index (χ0v) is 15.2. The molecule has 1 amide bonds. The first kappa shape index (κ1) is 20.1. The van der Waals surface area contributed by atoms with E-state index in [1.807, 2.05) is 32.0 Å². The fourth-order valence-corrected chi connectivity index (χ4v) is 2.57. The predicted molar refractivity (Wildman–Crippen MR) is 89.0 cm³/mol. The SMILES string of the molecule is COC(=O)CN(CCc1c(C)cccc1C)C(=O)COS(C)(=O)=O. The van der Waals surface area contributed by atoms with Gasteiger partial charge in [-0.2, -0.15) is 8.42 Å². The Bertz CT molecular complexity index is 678. The van der Waals surface area contributed by atoms with E-state index in [4.69, 9.17) is 0 Å². The first-order valence-corrected chi connectivity index (χ1v) is 9.19. The Labute approximate surface area is 142 Å². The van der Waals surface area contributed by atoms with Gasteiger partial charge in [0.05, 0.1) is 13.4 Å². The minimum atomic E-state index is -3.73. The highest BCUT2D eigenvalue weighted by Gasteiger charge is 2.20. The summed E-state index contributed by atoms with van der Waals surface area (Å²) in [7, 11) is -2.51. The van der Waals surface area contributed by atoms with Crippen molar-refractivity contribution in [2.75, 3.05) is 33.1 Å². The van der Waals surface area contributed by atoms with Gasteiger partial charge >= 0.3 is 5.97 Å². The van der Waals surface area contributed by atoms with Crippen molar-refractivity contribution in [1.29, 1.82) is 0 Å². The highest BCUT2D eigenvalue weighted by Crippen LogP contribution is 2.14. The number of benzene rings is 1. The van der Waals surface area contributed by atoms with Crippen LogP contribution in [0.1, 0.15) is 16.7 Å². The zero-order chi connectivity index (χ0) is 18.3. The summed E-state index contributed by atoms with van der Waals surface area (Å²) in [4.78, 5) is 24.9. The van der Waals surface area contributed by atoms with Gasteiger partial charge in [-0.15, -0.1) is 0 Å². The lowest BCUT2D eigenvalue weighted by Crippen LogP contribution is -2.40. The molecule has 7 nitrogen and oxygen atoms in total. The van der Waals surface area contributed by atoms with Gasteiger partial charge in [-0.1, -0.05) is 18.2 Å². The number of carbonyl (C=O) groups excluding carboxylic acids is 2. The van der Waals surface area contributed by atoms with Gasteiger partial charge in [0.2, 0.25) is 0 Å². The lowest BCUT2D eigenvalue weighted by Gasteiger charge is -2.22. The maximum absolute atomic E-state index is 12.2. The molecule has 134 valence electrons. The topological polar surface area (TPSA) is 90.0 Å². The molecule has 0 heterocycles. The second-order valence-corrected chi connectivity index (χ2v) is 7.12. The molecule has 0 N–H and O–H groups in total. The Hall–Kier alpha value is -1.93. The number of esters is 1. The van der Waals surface area contributed by atoms with Crippen molar-refractivity contribution in [3.8, 4) is 0 Å². The smallest absolute Gasteiger partial charge is 0.325 e. The Kier molecular flexibility index (Phi) is 7.37. The number of nitrogens with zero attached hydrogens (tertiary/aromatic N) is 1. The fourth-order valence-electron chi connectivity index (χ4n) is 2.25. The molecule has 0 bridgehead atoms. The van der Waals surface area contributed by atoms with Crippen LogP contribution in [0.25, 0.3) is 0 Å². The third-order valence-electron chi connectivity index (χ3n) is 3.57. The summed E-state index contributed by atoms with van der Waals surface area (Å²) in [5.41, 5.74) is 3.27. The molecule has 1 aromatic carbocycles. The van der Waals surface area contributed by atoms with Crippen molar-refractivity contribution < 1.29 is 26.9 Å². The third-order valence-corrected chi connectivity index (χ3v) is 4.12. The molecule has 1 rings (SSSR count). The molecular formula is C16H23NO6S. The molecule has 0 spiro atoms. The van der Waals surface area contributed by atoms with Crippen LogP contribution in [0.4, 0.5) is 0 Å². The first-order chi connectivity index (χ1) is 11.1. The van der Waals surface area contributed by atoms with Gasteiger partial charge in [0.15, 0.2) is 0 Å². The summed E-state index contributed by atoms with van der Waals surface area (Å²) in [6, 6.07) is 5.90. The molecule has 0 unspecified atom stereocenters. The monoisotopic (exact) mass is 357 g/mol. The molecular weight excluding hydrogens is 334 g/mol. The molecule has 0 aromatic heterocycles. The number of carbonyl (C=O) groups is 2. The summed E-state index contributed by atoms with van der Waals surface area (Å²) < 4.78 is 31.1. The Morgan fingerprint density at radius 2 is 1.75 bits per heavy atom. The molecule has 1 aromatic rings. The molecule has 0 fully saturated rings. The Balaban J connectivity index is 2.82. The van der Waals surface area contributed by atoms with Crippen LogP contribution in [0, 0.1) is 13.8 Å². The van der Waals surface area contributed by atoms with E-state index >= 15 is 0 Å². The fraction of sp³-hybridized carbons (Fsp3) is 0.500. The van der Waals surface area contributed by atoms with Crippen LogP contribution in [-0.4, -0.2) is 58.3 Å². The van der Waals surface area contributed by atoms with Crippen molar-refractivity contribution in [1.82, 2.24) is 4.90 Å². The van der Waals surface area contributed by atoms with E-state index in [1.54, 1.807) is 0 Å². The van der Waals surface area contributed by atoms with Crippen LogP contribution in [0.2, 0.25) is 0 Å². The molecule has 8 heteroatoms. The van der Waals surface area contributed by atoms with Gasteiger partial charge in [0.25, 0.3) is 16.0 Å². The van der Waals surface area contributed by atoms with E-state index in [2.05, 4.69) is 8.92 Å². The van der Waals surface area contributed by atoms with E-state index in [-0.39, 0.29) is 13.1 Å². The van der Waals surface area contributed by atoms with Gasteiger partial charge in [-0.05, 0) is 37.0 Å².